The fraction of sp³-hybridized carbons (Fsp3) is 0.538. The van der Waals surface area contributed by atoms with Gasteiger partial charge in [0.15, 0.2) is 0 Å². The normalized spacial score (nSPS) is 11.9. The van der Waals surface area contributed by atoms with Crippen molar-refractivity contribution in [3.05, 3.63) is 23.9 Å². The third kappa shape index (κ3) is 4.71. The molecule has 18 heavy (non-hydrogen) atoms. The van der Waals surface area contributed by atoms with Gasteiger partial charge in [-0.25, -0.2) is 9.78 Å². The van der Waals surface area contributed by atoms with Gasteiger partial charge in [-0.3, -0.25) is 0 Å². The zero-order valence-corrected chi connectivity index (χ0v) is 11.1. The molecular formula is C13H20N2O3. The van der Waals surface area contributed by atoms with E-state index in [-0.39, 0.29) is 5.97 Å². The minimum absolute atomic E-state index is 0.343. The predicted octanol–water partition coefficient (Wildman–Crippen LogP) is 1.95. The summed E-state index contributed by atoms with van der Waals surface area (Å²) in [6.07, 6.45) is 1.52. The van der Waals surface area contributed by atoms with E-state index >= 15 is 0 Å². The molecule has 0 radical (unpaired) electrons. The molecule has 1 aromatic rings. The van der Waals surface area contributed by atoms with Crippen molar-refractivity contribution in [2.45, 2.75) is 13.8 Å². The van der Waals surface area contributed by atoms with Crippen LogP contribution in [0.2, 0.25) is 0 Å². The second kappa shape index (κ2) is 7.66. The van der Waals surface area contributed by atoms with Crippen molar-refractivity contribution < 1.29 is 14.3 Å². The average molecular weight is 252 g/mol. The van der Waals surface area contributed by atoms with E-state index in [0.29, 0.717) is 24.7 Å². The van der Waals surface area contributed by atoms with Gasteiger partial charge in [-0.05, 0) is 25.0 Å². The Bertz CT molecular complexity index is 365. The largest absolute Gasteiger partial charge is 0.462 e. The number of hydrogen-bond acceptors (Lipinski definition) is 5. The quantitative estimate of drug-likeness (QED) is 0.752. The molecular weight excluding hydrogens is 232 g/mol. The van der Waals surface area contributed by atoms with Gasteiger partial charge in [-0.1, -0.05) is 6.92 Å². The first-order chi connectivity index (χ1) is 8.67. The molecule has 1 heterocycles. The number of methoxy groups -OCH3 is 1. The van der Waals surface area contributed by atoms with E-state index in [1.807, 2.05) is 0 Å². The number of nitrogens with zero attached hydrogens (tertiary/aromatic N) is 1. The van der Waals surface area contributed by atoms with Crippen LogP contribution in [0.5, 0.6) is 0 Å². The van der Waals surface area contributed by atoms with Crippen LogP contribution in [0.1, 0.15) is 24.2 Å². The number of hydrogen-bond donors (Lipinski definition) is 1. The van der Waals surface area contributed by atoms with Crippen molar-refractivity contribution in [2.75, 3.05) is 32.2 Å². The van der Waals surface area contributed by atoms with E-state index in [4.69, 9.17) is 9.47 Å². The zero-order chi connectivity index (χ0) is 13.4. The molecule has 100 valence electrons. The second-order valence-electron chi connectivity index (χ2n) is 4.09. The van der Waals surface area contributed by atoms with Gasteiger partial charge in [0.05, 0.1) is 18.8 Å². The molecule has 1 N–H and O–H groups in total. The molecule has 0 fully saturated rings. The Balaban J connectivity index is 2.47. The van der Waals surface area contributed by atoms with E-state index < -0.39 is 0 Å². The van der Waals surface area contributed by atoms with Crippen LogP contribution < -0.4 is 5.32 Å². The fourth-order valence-corrected chi connectivity index (χ4v) is 1.46. The highest BCUT2D eigenvalue weighted by Gasteiger charge is 2.07. The number of pyridine rings is 1. The van der Waals surface area contributed by atoms with E-state index in [9.17, 15) is 4.79 Å². The molecule has 1 rings (SSSR count). The molecule has 5 heteroatoms. The Morgan fingerprint density at radius 1 is 1.50 bits per heavy atom. The topological polar surface area (TPSA) is 60.5 Å². The first-order valence-corrected chi connectivity index (χ1v) is 6.03. The summed E-state index contributed by atoms with van der Waals surface area (Å²) in [5, 5.41) is 3.18. The lowest BCUT2D eigenvalue weighted by Crippen LogP contribution is -2.16. The Kier molecular flexibility index (Phi) is 6.14. The fourth-order valence-electron chi connectivity index (χ4n) is 1.46. The van der Waals surface area contributed by atoms with Gasteiger partial charge in [0.1, 0.15) is 5.82 Å². The number of carbonyl (C=O) groups is 1. The molecule has 0 bridgehead atoms. The summed E-state index contributed by atoms with van der Waals surface area (Å²) in [6, 6.07) is 3.47. The SMILES string of the molecule is CCOC(=O)c1ccc(NCC(C)COC)nc1. The summed E-state index contributed by atoms with van der Waals surface area (Å²) in [5.74, 6) is 0.803. The highest BCUT2D eigenvalue weighted by molar-refractivity contribution is 5.89. The lowest BCUT2D eigenvalue weighted by Gasteiger charge is -2.11. The summed E-state index contributed by atoms with van der Waals surface area (Å²) in [6.45, 7) is 5.71. The maximum absolute atomic E-state index is 11.4. The van der Waals surface area contributed by atoms with Gasteiger partial charge >= 0.3 is 5.97 Å². The molecule has 1 aromatic heterocycles. The summed E-state index contributed by atoms with van der Waals surface area (Å²) < 4.78 is 9.93. The van der Waals surface area contributed by atoms with Crippen LogP contribution in [-0.2, 0) is 9.47 Å². The predicted molar refractivity (Wildman–Crippen MR) is 69.7 cm³/mol. The number of esters is 1. The first-order valence-electron chi connectivity index (χ1n) is 6.03. The Morgan fingerprint density at radius 3 is 2.83 bits per heavy atom. The summed E-state index contributed by atoms with van der Waals surface area (Å²) in [5.41, 5.74) is 0.465. The molecule has 0 aliphatic rings. The minimum atomic E-state index is -0.343. The maximum atomic E-state index is 11.4. The summed E-state index contributed by atoms with van der Waals surface area (Å²) in [4.78, 5) is 15.6. The zero-order valence-electron chi connectivity index (χ0n) is 11.1. The second-order valence-corrected chi connectivity index (χ2v) is 4.09. The number of anilines is 1. The molecule has 0 spiro atoms. The number of carbonyl (C=O) groups excluding carboxylic acids is 1. The standard InChI is InChI=1S/C13H20N2O3/c1-4-18-13(16)11-5-6-12(15-8-11)14-7-10(2)9-17-3/h5-6,8,10H,4,7,9H2,1-3H3,(H,14,15). The van der Waals surface area contributed by atoms with E-state index in [1.54, 1.807) is 26.2 Å². The van der Waals surface area contributed by atoms with E-state index in [0.717, 1.165) is 12.4 Å². The molecule has 0 amide bonds. The van der Waals surface area contributed by atoms with Crippen LogP contribution in [0.3, 0.4) is 0 Å². The van der Waals surface area contributed by atoms with Crippen LogP contribution in [0.15, 0.2) is 18.3 Å². The van der Waals surface area contributed by atoms with E-state index in [2.05, 4.69) is 17.2 Å². The average Bonchev–Trinajstić information content (AvgIpc) is 2.37. The monoisotopic (exact) mass is 252 g/mol. The smallest absolute Gasteiger partial charge is 0.339 e. The van der Waals surface area contributed by atoms with Crippen molar-refractivity contribution in [1.29, 1.82) is 0 Å². The summed E-state index contributed by atoms with van der Waals surface area (Å²) >= 11 is 0. The lowest BCUT2D eigenvalue weighted by atomic mass is 10.2. The number of nitrogens with one attached hydrogen (secondary N) is 1. The van der Waals surface area contributed by atoms with Crippen LogP contribution in [-0.4, -0.2) is 37.8 Å². The third-order valence-corrected chi connectivity index (χ3v) is 2.36. The Labute approximate surface area is 108 Å². The molecule has 0 saturated heterocycles. The van der Waals surface area contributed by atoms with Gasteiger partial charge in [-0.2, -0.15) is 0 Å². The number of ether oxygens (including phenoxy) is 2. The highest BCUT2D eigenvalue weighted by Crippen LogP contribution is 2.07. The molecule has 1 atom stereocenters. The van der Waals surface area contributed by atoms with Crippen LogP contribution >= 0.6 is 0 Å². The van der Waals surface area contributed by atoms with Crippen LogP contribution in [0.25, 0.3) is 0 Å². The molecule has 0 saturated carbocycles. The minimum Gasteiger partial charge on any atom is -0.462 e. The van der Waals surface area contributed by atoms with Crippen molar-refractivity contribution in [1.82, 2.24) is 4.98 Å². The summed E-state index contributed by atoms with van der Waals surface area (Å²) in [7, 11) is 1.68. The van der Waals surface area contributed by atoms with Gasteiger partial charge in [-0.15, -0.1) is 0 Å². The Morgan fingerprint density at radius 2 is 2.28 bits per heavy atom. The molecule has 0 aliphatic carbocycles. The van der Waals surface area contributed by atoms with Gasteiger partial charge in [0.25, 0.3) is 0 Å². The number of rotatable bonds is 7. The lowest BCUT2D eigenvalue weighted by molar-refractivity contribution is 0.0526. The van der Waals surface area contributed by atoms with Gasteiger partial charge < -0.3 is 14.8 Å². The molecule has 1 unspecified atom stereocenters. The third-order valence-electron chi connectivity index (χ3n) is 2.36. The van der Waals surface area contributed by atoms with Gasteiger partial charge in [0, 0.05) is 19.9 Å². The Hall–Kier alpha value is -1.62. The van der Waals surface area contributed by atoms with E-state index in [1.165, 1.54) is 6.20 Å². The molecule has 5 nitrogen and oxygen atoms in total. The van der Waals surface area contributed by atoms with Gasteiger partial charge in [0.2, 0.25) is 0 Å². The highest BCUT2D eigenvalue weighted by atomic mass is 16.5. The van der Waals surface area contributed by atoms with Crippen molar-refractivity contribution in [2.24, 2.45) is 5.92 Å². The van der Waals surface area contributed by atoms with Crippen molar-refractivity contribution in [3.8, 4) is 0 Å². The molecule has 0 aromatic carbocycles. The molecule has 0 aliphatic heterocycles. The van der Waals surface area contributed by atoms with Crippen molar-refractivity contribution in [3.63, 3.8) is 0 Å². The first kappa shape index (κ1) is 14.4. The maximum Gasteiger partial charge on any atom is 0.339 e. The van der Waals surface area contributed by atoms with Crippen molar-refractivity contribution >= 4 is 11.8 Å². The van der Waals surface area contributed by atoms with Crippen LogP contribution in [0, 0.1) is 5.92 Å². The van der Waals surface area contributed by atoms with Crippen LogP contribution in [0.4, 0.5) is 5.82 Å². The number of aromatic nitrogens is 1.